The summed E-state index contributed by atoms with van der Waals surface area (Å²) in [5.41, 5.74) is 3.10. The van der Waals surface area contributed by atoms with E-state index in [4.69, 9.17) is 19.5 Å². The van der Waals surface area contributed by atoms with Crippen molar-refractivity contribution in [2.75, 3.05) is 13.2 Å². The van der Waals surface area contributed by atoms with E-state index in [9.17, 15) is 0 Å². The summed E-state index contributed by atoms with van der Waals surface area (Å²) in [6, 6.07) is 12.4. The number of imidazole rings is 1. The highest BCUT2D eigenvalue weighted by atomic mass is 16.6. The van der Waals surface area contributed by atoms with Crippen LogP contribution >= 0.6 is 0 Å². The molecule has 0 saturated carbocycles. The van der Waals surface area contributed by atoms with E-state index in [1.165, 1.54) is 5.22 Å². The van der Waals surface area contributed by atoms with E-state index in [0.29, 0.717) is 13.2 Å². The molecule has 0 amide bonds. The van der Waals surface area contributed by atoms with E-state index in [0.717, 1.165) is 71.5 Å². The van der Waals surface area contributed by atoms with Crippen molar-refractivity contribution in [3.8, 4) is 11.5 Å². The van der Waals surface area contributed by atoms with Gasteiger partial charge < -0.3 is 14.0 Å². The average Bonchev–Trinajstić information content (AvgIpc) is 3.12. The molecule has 2 aliphatic heterocycles. The number of para-hydroxylation sites is 1. The summed E-state index contributed by atoms with van der Waals surface area (Å²) in [6.07, 6.45) is 9.60. The molecule has 0 fully saturated rings. The first-order chi connectivity index (χ1) is 14.3. The van der Waals surface area contributed by atoms with Crippen LogP contribution in [-0.2, 0) is 13.5 Å². The lowest BCUT2D eigenvalue weighted by molar-refractivity contribution is 0.173. The summed E-state index contributed by atoms with van der Waals surface area (Å²) < 4.78 is 13.7. The fraction of sp³-hybridized carbons (Fsp3) is 0.333. The molecule has 0 saturated heterocycles. The first kappa shape index (κ1) is 18.0. The Kier molecular flexibility index (Phi) is 4.80. The standard InChI is InChI=1S/C24H25N3O2/c1-27-20-12-13-21-24(29-16-15-28-21)23(20)26-22(27)14-11-18-9-4-2-3-7-17-8-5-6-10-19(17)25-18/h5-10,12-13H,2-4,11,14-16H2,1H3/b17-7+,18-9?,25-19?. The van der Waals surface area contributed by atoms with Crippen LogP contribution in [-0.4, -0.2) is 22.8 Å². The predicted molar refractivity (Wildman–Crippen MR) is 114 cm³/mol. The first-order valence-electron chi connectivity index (χ1n) is 10.4. The zero-order chi connectivity index (χ0) is 19.6. The maximum Gasteiger partial charge on any atom is 0.189 e. The summed E-state index contributed by atoms with van der Waals surface area (Å²) >= 11 is 0. The Morgan fingerprint density at radius 3 is 2.79 bits per heavy atom. The van der Waals surface area contributed by atoms with Crippen LogP contribution in [0.15, 0.2) is 53.2 Å². The molecule has 5 heteroatoms. The summed E-state index contributed by atoms with van der Waals surface area (Å²) in [5.74, 6) is 2.60. The van der Waals surface area contributed by atoms with Crippen LogP contribution in [0.4, 0.5) is 0 Å². The summed E-state index contributed by atoms with van der Waals surface area (Å²) in [4.78, 5) is 9.87. The Balaban J connectivity index is 1.46. The van der Waals surface area contributed by atoms with Crippen LogP contribution in [0.25, 0.3) is 17.1 Å². The third-order valence-corrected chi connectivity index (χ3v) is 5.61. The lowest BCUT2D eigenvalue weighted by atomic mass is 10.1. The molecule has 0 aliphatic carbocycles. The minimum atomic E-state index is 0.570. The number of nitrogens with zero attached hydrogens (tertiary/aromatic N) is 3. The maximum absolute atomic E-state index is 5.85. The molecule has 2 aromatic carbocycles. The number of ether oxygens (including phenoxy) is 2. The Labute approximate surface area is 170 Å². The number of hydrogen-bond acceptors (Lipinski definition) is 4. The zero-order valence-corrected chi connectivity index (χ0v) is 16.7. The molecule has 3 heterocycles. The number of allylic oxidation sites excluding steroid dienone is 2. The molecule has 5 nitrogen and oxygen atoms in total. The van der Waals surface area contributed by atoms with Gasteiger partial charge in [0.15, 0.2) is 11.5 Å². The number of fused-ring (bicyclic) bond motifs is 4. The number of benzene rings is 2. The van der Waals surface area contributed by atoms with Crippen LogP contribution < -0.4 is 20.0 Å². The van der Waals surface area contributed by atoms with Crippen LogP contribution in [0.1, 0.15) is 31.5 Å². The number of aryl methyl sites for hydroxylation is 2. The lowest BCUT2D eigenvalue weighted by Gasteiger charge is -2.18. The van der Waals surface area contributed by atoms with Crippen LogP contribution in [0.5, 0.6) is 11.5 Å². The molecule has 148 valence electrons. The summed E-state index contributed by atoms with van der Waals surface area (Å²) in [7, 11) is 2.07. The molecule has 0 bridgehead atoms. The lowest BCUT2D eigenvalue weighted by Crippen LogP contribution is -2.24. The summed E-state index contributed by atoms with van der Waals surface area (Å²) in [6.45, 7) is 1.16. The number of aromatic nitrogens is 2. The minimum absolute atomic E-state index is 0.570. The van der Waals surface area contributed by atoms with Crippen molar-refractivity contribution in [3.05, 3.63) is 64.6 Å². The van der Waals surface area contributed by atoms with Crippen molar-refractivity contribution in [2.24, 2.45) is 12.0 Å². The largest absolute Gasteiger partial charge is 0.486 e. The monoisotopic (exact) mass is 387 g/mol. The smallest absolute Gasteiger partial charge is 0.189 e. The van der Waals surface area contributed by atoms with Crippen LogP contribution in [0, 0.1) is 0 Å². The molecule has 0 unspecified atom stereocenters. The highest BCUT2D eigenvalue weighted by Crippen LogP contribution is 2.37. The fourth-order valence-electron chi connectivity index (χ4n) is 4.04. The van der Waals surface area contributed by atoms with Gasteiger partial charge in [-0.2, -0.15) is 0 Å². The van der Waals surface area contributed by atoms with Gasteiger partial charge in [-0.15, -0.1) is 0 Å². The van der Waals surface area contributed by atoms with Gasteiger partial charge in [-0.05, 0) is 49.1 Å². The van der Waals surface area contributed by atoms with E-state index in [-0.39, 0.29) is 0 Å². The van der Waals surface area contributed by atoms with Crippen molar-refractivity contribution < 1.29 is 9.47 Å². The Hall–Kier alpha value is -3.08. The van der Waals surface area contributed by atoms with Gasteiger partial charge >= 0.3 is 0 Å². The van der Waals surface area contributed by atoms with Gasteiger partial charge in [0.05, 0.1) is 10.9 Å². The molecule has 3 aromatic rings. The molecule has 1 aromatic heterocycles. The maximum atomic E-state index is 5.85. The van der Waals surface area contributed by atoms with Gasteiger partial charge in [0.1, 0.15) is 24.6 Å². The molecule has 29 heavy (non-hydrogen) atoms. The quantitative estimate of drug-likeness (QED) is 0.692. The van der Waals surface area contributed by atoms with Crippen LogP contribution in [0.2, 0.25) is 0 Å². The van der Waals surface area contributed by atoms with Gasteiger partial charge in [-0.3, -0.25) is 4.99 Å². The van der Waals surface area contributed by atoms with Crippen molar-refractivity contribution in [1.82, 2.24) is 9.55 Å². The van der Waals surface area contributed by atoms with E-state index in [2.05, 4.69) is 54.1 Å². The van der Waals surface area contributed by atoms with Gasteiger partial charge in [0.2, 0.25) is 0 Å². The highest BCUT2D eigenvalue weighted by Gasteiger charge is 2.19. The van der Waals surface area contributed by atoms with Crippen molar-refractivity contribution in [3.63, 3.8) is 0 Å². The molecule has 2 aliphatic rings. The molecule has 0 radical (unpaired) electrons. The SMILES string of the molecule is Cn1c(CCC2=CCCC/C=c3\ccccc3=N2)nc2c3c(ccc21)OCCO3. The third-order valence-electron chi connectivity index (χ3n) is 5.61. The van der Waals surface area contributed by atoms with Crippen molar-refractivity contribution in [1.29, 1.82) is 0 Å². The van der Waals surface area contributed by atoms with Crippen molar-refractivity contribution >= 4 is 17.1 Å². The van der Waals surface area contributed by atoms with Gasteiger partial charge in [-0.1, -0.05) is 30.4 Å². The first-order valence-corrected chi connectivity index (χ1v) is 10.4. The minimum Gasteiger partial charge on any atom is -0.486 e. The van der Waals surface area contributed by atoms with Crippen molar-refractivity contribution in [2.45, 2.75) is 32.1 Å². The third kappa shape index (κ3) is 3.53. The van der Waals surface area contributed by atoms with E-state index >= 15 is 0 Å². The topological polar surface area (TPSA) is 48.6 Å². The fourth-order valence-corrected chi connectivity index (χ4v) is 4.04. The van der Waals surface area contributed by atoms with Gasteiger partial charge in [0, 0.05) is 19.2 Å². The number of rotatable bonds is 3. The molecule has 0 atom stereocenters. The van der Waals surface area contributed by atoms with E-state index in [1.807, 2.05) is 6.07 Å². The molecule has 0 spiro atoms. The second kappa shape index (κ2) is 7.74. The molecule has 0 N–H and O–H groups in total. The Morgan fingerprint density at radius 2 is 1.83 bits per heavy atom. The van der Waals surface area contributed by atoms with E-state index in [1.54, 1.807) is 0 Å². The van der Waals surface area contributed by atoms with E-state index < -0.39 is 0 Å². The molecule has 5 rings (SSSR count). The van der Waals surface area contributed by atoms with Crippen LogP contribution in [0.3, 0.4) is 0 Å². The molecular weight excluding hydrogens is 362 g/mol. The normalized spacial score (nSPS) is 17.1. The second-order valence-electron chi connectivity index (χ2n) is 7.55. The Bertz CT molecular complexity index is 1210. The second-order valence-corrected chi connectivity index (χ2v) is 7.55. The Morgan fingerprint density at radius 1 is 0.966 bits per heavy atom. The van der Waals surface area contributed by atoms with Gasteiger partial charge in [-0.25, -0.2) is 4.98 Å². The molecular formula is C24H25N3O2. The van der Waals surface area contributed by atoms with Gasteiger partial charge in [0.25, 0.3) is 0 Å². The average molecular weight is 387 g/mol. The zero-order valence-electron chi connectivity index (χ0n) is 16.7. The number of hydrogen-bond donors (Lipinski definition) is 0. The highest BCUT2D eigenvalue weighted by molar-refractivity contribution is 5.85. The summed E-state index contributed by atoms with van der Waals surface area (Å²) in [5, 5.41) is 2.29. The predicted octanol–water partition coefficient (Wildman–Crippen LogP) is 3.45.